The summed E-state index contributed by atoms with van der Waals surface area (Å²) in [6.45, 7) is 7.28. The van der Waals surface area contributed by atoms with E-state index in [0.29, 0.717) is 50.0 Å². The van der Waals surface area contributed by atoms with Gasteiger partial charge in [-0.25, -0.2) is 9.59 Å². The van der Waals surface area contributed by atoms with Gasteiger partial charge in [0.2, 0.25) is 11.8 Å². The van der Waals surface area contributed by atoms with Crippen LogP contribution in [0, 0.1) is 11.8 Å². The number of alkyl carbamates (subject to hydrolysis) is 1. The Balaban J connectivity index is 1.31. The first-order valence-electron chi connectivity index (χ1n) is 17.4. The highest BCUT2D eigenvalue weighted by Gasteiger charge is 2.45. The Bertz CT molecular complexity index is 1640. The highest BCUT2D eigenvalue weighted by atomic mass is 19.1. The molecule has 264 valence electrons. The summed E-state index contributed by atoms with van der Waals surface area (Å²) < 4.78 is 25.9. The number of aromatic nitrogens is 1. The molecule has 2 fully saturated rings. The predicted molar refractivity (Wildman–Crippen MR) is 186 cm³/mol. The van der Waals surface area contributed by atoms with Gasteiger partial charge in [-0.2, -0.15) is 0 Å². The average molecular weight is 677 g/mol. The quantitative estimate of drug-likeness (QED) is 0.230. The van der Waals surface area contributed by atoms with Gasteiger partial charge in [-0.05, 0) is 102 Å². The molecule has 2 aromatic carbocycles. The molecule has 1 aliphatic heterocycles. The Hall–Kier alpha value is -4.41. The van der Waals surface area contributed by atoms with E-state index in [2.05, 4.69) is 10.6 Å². The topological polar surface area (TPSA) is 119 Å². The molecule has 2 heterocycles. The SMILES string of the molecule is CCOC(=O)c1cc2cc(NC(=O)[C@@H]3[C@H](c4ccccc4)CCN3C(=O)C3CCC([C@@H](CCF)NC(=O)OC(C)(C)C)CC3)ccc2n1C. The summed E-state index contributed by atoms with van der Waals surface area (Å²) in [5.74, 6) is -1.14. The second-order valence-corrected chi connectivity index (χ2v) is 14.2. The van der Waals surface area contributed by atoms with Crippen molar-refractivity contribution in [3.05, 3.63) is 65.9 Å². The molecule has 2 N–H and O–H groups in total. The number of carbonyl (C=O) groups excluding carboxylic acids is 4. The highest BCUT2D eigenvalue weighted by Crippen LogP contribution is 2.39. The fraction of sp³-hybridized carbons (Fsp3) is 0.526. The predicted octanol–water partition coefficient (Wildman–Crippen LogP) is 6.74. The van der Waals surface area contributed by atoms with Crippen molar-refractivity contribution in [3.8, 4) is 0 Å². The minimum Gasteiger partial charge on any atom is -0.461 e. The first-order chi connectivity index (χ1) is 23.4. The third-order valence-electron chi connectivity index (χ3n) is 9.78. The number of ether oxygens (including phenoxy) is 2. The molecule has 1 saturated heterocycles. The summed E-state index contributed by atoms with van der Waals surface area (Å²) in [5, 5.41) is 6.72. The van der Waals surface area contributed by atoms with Gasteiger partial charge in [0, 0.05) is 48.1 Å². The van der Waals surface area contributed by atoms with Crippen molar-refractivity contribution >= 4 is 40.5 Å². The van der Waals surface area contributed by atoms with Crippen LogP contribution >= 0.6 is 0 Å². The zero-order valence-corrected chi connectivity index (χ0v) is 29.2. The number of nitrogens with one attached hydrogen (secondary N) is 2. The van der Waals surface area contributed by atoms with E-state index < -0.39 is 30.4 Å². The standard InChI is InChI=1S/C38H49FN4O6/c1-6-48-36(46)32-23-27-22-28(16-17-31(27)42(32)5)40-34(44)33-29(24-10-8-7-9-11-24)19-21-43(33)35(45)26-14-12-25(13-15-26)30(18-20-39)41-37(47)49-38(2,3)4/h7-11,16-17,22-23,25-26,29-30,33H,6,12-15,18-21H2,1-5H3,(H,40,44)(H,41,47)/t25?,26?,29-,30+,33-/m0/s1. The number of likely N-dealkylation sites (tertiary alicyclic amines) is 1. The van der Waals surface area contributed by atoms with Crippen LogP contribution in [0.2, 0.25) is 0 Å². The van der Waals surface area contributed by atoms with Crippen LogP contribution in [0.25, 0.3) is 10.9 Å². The lowest BCUT2D eigenvalue weighted by Crippen LogP contribution is -2.49. The minimum absolute atomic E-state index is 0.0271. The molecule has 5 rings (SSSR count). The second kappa shape index (κ2) is 15.4. The van der Waals surface area contributed by atoms with Gasteiger partial charge in [0.1, 0.15) is 17.3 Å². The smallest absolute Gasteiger partial charge is 0.407 e. The van der Waals surface area contributed by atoms with Gasteiger partial charge in [-0.15, -0.1) is 0 Å². The molecule has 11 heteroatoms. The van der Waals surface area contributed by atoms with Crippen molar-refractivity contribution < 1.29 is 33.0 Å². The van der Waals surface area contributed by atoms with Gasteiger partial charge in [0.15, 0.2) is 0 Å². The number of carbonyl (C=O) groups is 4. The van der Waals surface area contributed by atoms with Crippen LogP contribution in [0.15, 0.2) is 54.6 Å². The molecule has 49 heavy (non-hydrogen) atoms. The molecule has 3 amide bonds. The largest absolute Gasteiger partial charge is 0.461 e. The number of fused-ring (bicyclic) bond motifs is 1. The summed E-state index contributed by atoms with van der Waals surface area (Å²) in [5.41, 5.74) is 2.16. The van der Waals surface area contributed by atoms with E-state index in [1.807, 2.05) is 42.5 Å². The number of rotatable bonds is 10. The van der Waals surface area contributed by atoms with Gasteiger partial charge >= 0.3 is 12.1 Å². The fourth-order valence-electron chi connectivity index (χ4n) is 7.46. The molecule has 1 saturated carbocycles. The number of anilines is 1. The number of esters is 1. The number of alkyl halides is 1. The lowest BCUT2D eigenvalue weighted by atomic mass is 9.77. The average Bonchev–Trinajstić information content (AvgIpc) is 3.65. The first-order valence-corrected chi connectivity index (χ1v) is 17.4. The van der Waals surface area contributed by atoms with E-state index in [9.17, 15) is 23.6 Å². The van der Waals surface area contributed by atoms with Crippen LogP contribution in [-0.4, -0.2) is 70.9 Å². The molecule has 2 aliphatic rings. The number of aryl methyl sites for hydroxylation is 1. The Morgan fingerprint density at radius 3 is 2.35 bits per heavy atom. The van der Waals surface area contributed by atoms with E-state index in [1.54, 1.807) is 56.3 Å². The maximum Gasteiger partial charge on any atom is 0.407 e. The zero-order valence-electron chi connectivity index (χ0n) is 29.2. The van der Waals surface area contributed by atoms with Crippen molar-refractivity contribution in [1.82, 2.24) is 14.8 Å². The van der Waals surface area contributed by atoms with Crippen LogP contribution in [0.1, 0.15) is 88.2 Å². The molecule has 3 atom stereocenters. The summed E-state index contributed by atoms with van der Waals surface area (Å²) >= 11 is 0. The van der Waals surface area contributed by atoms with E-state index in [4.69, 9.17) is 9.47 Å². The minimum atomic E-state index is -0.706. The third-order valence-corrected chi connectivity index (χ3v) is 9.78. The Morgan fingerprint density at radius 2 is 1.69 bits per heavy atom. The number of hydrogen-bond acceptors (Lipinski definition) is 6. The molecule has 1 aliphatic carbocycles. The van der Waals surface area contributed by atoms with Crippen molar-refractivity contribution in [2.75, 3.05) is 25.1 Å². The van der Waals surface area contributed by atoms with Crippen LogP contribution in [-0.2, 0) is 26.1 Å². The van der Waals surface area contributed by atoms with Gasteiger partial charge in [-0.1, -0.05) is 30.3 Å². The summed E-state index contributed by atoms with van der Waals surface area (Å²) in [6.07, 6.45) is 2.79. The summed E-state index contributed by atoms with van der Waals surface area (Å²) in [4.78, 5) is 55.0. The van der Waals surface area contributed by atoms with E-state index in [0.717, 1.165) is 16.5 Å². The lowest BCUT2D eigenvalue weighted by molar-refractivity contribution is -0.141. The fourth-order valence-corrected chi connectivity index (χ4v) is 7.46. The monoisotopic (exact) mass is 676 g/mol. The summed E-state index contributed by atoms with van der Waals surface area (Å²) in [7, 11) is 1.80. The van der Waals surface area contributed by atoms with E-state index >= 15 is 0 Å². The van der Waals surface area contributed by atoms with Crippen molar-refractivity contribution in [2.45, 2.75) is 89.8 Å². The number of benzene rings is 2. The Labute approximate surface area is 287 Å². The molecule has 0 unspecified atom stereocenters. The normalized spacial score (nSPS) is 21.6. The highest BCUT2D eigenvalue weighted by molar-refractivity contribution is 6.01. The van der Waals surface area contributed by atoms with Crippen LogP contribution < -0.4 is 10.6 Å². The molecule has 3 aromatic rings. The van der Waals surface area contributed by atoms with Crippen LogP contribution in [0.3, 0.4) is 0 Å². The molecule has 0 spiro atoms. The molecular weight excluding hydrogens is 627 g/mol. The first kappa shape index (κ1) is 35.9. The van der Waals surface area contributed by atoms with Crippen molar-refractivity contribution in [1.29, 1.82) is 0 Å². The second-order valence-electron chi connectivity index (χ2n) is 14.2. The number of halogens is 1. The molecule has 0 bridgehead atoms. The van der Waals surface area contributed by atoms with E-state index in [1.165, 1.54) is 0 Å². The molecule has 10 nitrogen and oxygen atoms in total. The lowest BCUT2D eigenvalue weighted by Gasteiger charge is -2.36. The third kappa shape index (κ3) is 8.43. The van der Waals surface area contributed by atoms with Crippen molar-refractivity contribution in [2.24, 2.45) is 18.9 Å². The Morgan fingerprint density at radius 1 is 0.980 bits per heavy atom. The molecule has 0 radical (unpaired) electrons. The van der Waals surface area contributed by atoms with Crippen LogP contribution in [0.5, 0.6) is 0 Å². The van der Waals surface area contributed by atoms with Gasteiger partial charge < -0.3 is 29.6 Å². The number of nitrogens with zero attached hydrogens (tertiary/aromatic N) is 2. The molecular formula is C38H49FN4O6. The van der Waals surface area contributed by atoms with Crippen molar-refractivity contribution in [3.63, 3.8) is 0 Å². The van der Waals surface area contributed by atoms with Crippen LogP contribution in [0.4, 0.5) is 14.9 Å². The maximum absolute atomic E-state index is 14.2. The van der Waals surface area contributed by atoms with E-state index in [-0.39, 0.29) is 48.6 Å². The maximum atomic E-state index is 14.2. The van der Waals surface area contributed by atoms with Gasteiger partial charge in [0.05, 0.1) is 13.3 Å². The molecule has 1 aromatic heterocycles. The number of hydrogen-bond donors (Lipinski definition) is 2. The zero-order chi connectivity index (χ0) is 35.3. The van der Waals surface area contributed by atoms with Gasteiger partial charge in [0.25, 0.3) is 0 Å². The Kier molecular flexibility index (Phi) is 11.3. The number of amides is 3. The summed E-state index contributed by atoms with van der Waals surface area (Å²) in [6, 6.07) is 16.0. The van der Waals surface area contributed by atoms with Gasteiger partial charge in [-0.3, -0.25) is 14.0 Å².